The number of benzene rings is 8. The number of hydrogen-bond acceptors (Lipinski definition) is 1. The Labute approximate surface area is 306 Å². The average Bonchev–Trinajstić information content (AvgIpc) is 3.92. The Kier molecular flexibility index (Phi) is 6.52. The van der Waals surface area contributed by atoms with Gasteiger partial charge in [-0.05, 0) is 83.4 Å². The molecule has 0 fully saturated rings. The third kappa shape index (κ3) is 4.52. The van der Waals surface area contributed by atoms with Crippen molar-refractivity contribution in [2.75, 3.05) is 0 Å². The van der Waals surface area contributed by atoms with Gasteiger partial charge >= 0.3 is 0 Å². The van der Waals surface area contributed by atoms with Crippen LogP contribution < -0.4 is 0 Å². The molecule has 11 rings (SSSR count). The van der Waals surface area contributed by atoms with E-state index < -0.39 is 0 Å². The molecule has 0 atom stereocenters. The predicted octanol–water partition coefficient (Wildman–Crippen LogP) is 12.6. The summed E-state index contributed by atoms with van der Waals surface area (Å²) in [6, 6.07) is 67.5. The third-order valence-electron chi connectivity index (χ3n) is 10.7. The van der Waals surface area contributed by atoms with Crippen LogP contribution in [0.1, 0.15) is 0 Å². The first kappa shape index (κ1) is 29.5. The van der Waals surface area contributed by atoms with E-state index in [4.69, 9.17) is 5.10 Å². The lowest BCUT2D eigenvalue weighted by Gasteiger charge is -2.13. The summed E-state index contributed by atoms with van der Waals surface area (Å²) < 4.78 is 6.90. The molecule has 4 nitrogen and oxygen atoms in total. The molecule has 53 heavy (non-hydrogen) atoms. The molecule has 0 amide bonds. The van der Waals surface area contributed by atoms with Crippen LogP contribution >= 0.6 is 0 Å². The number of hydrogen-bond donors (Lipinski definition) is 0. The molecule has 3 heterocycles. The van der Waals surface area contributed by atoms with Crippen LogP contribution in [0.15, 0.2) is 194 Å². The van der Waals surface area contributed by atoms with Gasteiger partial charge in [-0.1, -0.05) is 121 Å². The predicted molar refractivity (Wildman–Crippen MR) is 221 cm³/mol. The number of nitrogens with zero attached hydrogens (tertiary/aromatic N) is 4. The Hall–Kier alpha value is -7.17. The molecule has 248 valence electrons. The fraction of sp³-hybridized carbons (Fsp3) is 0. The van der Waals surface area contributed by atoms with Crippen molar-refractivity contribution in [2.45, 2.75) is 0 Å². The fourth-order valence-corrected chi connectivity index (χ4v) is 8.38. The van der Waals surface area contributed by atoms with E-state index in [9.17, 15) is 0 Å². The molecule has 0 aliphatic heterocycles. The maximum atomic E-state index is 5.03. The normalized spacial score (nSPS) is 11.8. The van der Waals surface area contributed by atoms with Gasteiger partial charge in [-0.25, -0.2) is 4.68 Å². The maximum Gasteiger partial charge on any atom is 0.0762 e. The summed E-state index contributed by atoms with van der Waals surface area (Å²) in [5.41, 5.74) is 13.9. The summed E-state index contributed by atoms with van der Waals surface area (Å²) in [6.07, 6.45) is 2.04. The Morgan fingerprint density at radius 2 is 0.925 bits per heavy atom. The highest BCUT2D eigenvalue weighted by atomic mass is 15.3. The van der Waals surface area contributed by atoms with Crippen LogP contribution in [0.3, 0.4) is 0 Å². The molecule has 0 spiro atoms. The van der Waals surface area contributed by atoms with Crippen LogP contribution in [-0.2, 0) is 0 Å². The van der Waals surface area contributed by atoms with Gasteiger partial charge in [0.2, 0.25) is 0 Å². The second-order valence-corrected chi connectivity index (χ2v) is 13.7. The van der Waals surface area contributed by atoms with Gasteiger partial charge in [0.1, 0.15) is 0 Å². The van der Waals surface area contributed by atoms with Gasteiger partial charge in [-0.3, -0.25) is 0 Å². The minimum atomic E-state index is 1.03. The van der Waals surface area contributed by atoms with E-state index >= 15 is 0 Å². The number of fused-ring (bicyclic) bond motifs is 8. The maximum absolute atomic E-state index is 5.03. The monoisotopic (exact) mass is 676 g/mol. The van der Waals surface area contributed by atoms with Crippen molar-refractivity contribution in [1.29, 1.82) is 0 Å². The standard InChI is InChI=1S/C49H32N4/c1-4-14-33(15-5-1)34-16-12-21-38(30-34)53-47-29-27-42-41-24-13-23-39(48(41)52(37-19-8-3-9-20-37)49(42)44(47)32-50-53)35-26-28-46-43(31-35)40-22-10-11-25-45(40)51(46)36-17-6-2-7-18-36/h1-32H. The summed E-state index contributed by atoms with van der Waals surface area (Å²) in [5, 5.41) is 11.0. The molecule has 0 radical (unpaired) electrons. The summed E-state index contributed by atoms with van der Waals surface area (Å²) in [4.78, 5) is 0. The summed E-state index contributed by atoms with van der Waals surface area (Å²) in [5.74, 6) is 0. The zero-order valence-corrected chi connectivity index (χ0v) is 28.8. The molecule has 4 heteroatoms. The molecular formula is C49H32N4. The highest BCUT2D eigenvalue weighted by molar-refractivity contribution is 6.21. The van der Waals surface area contributed by atoms with Crippen molar-refractivity contribution in [3.05, 3.63) is 194 Å². The first-order chi connectivity index (χ1) is 26.3. The van der Waals surface area contributed by atoms with E-state index in [1.165, 1.54) is 60.3 Å². The van der Waals surface area contributed by atoms with Crippen LogP contribution in [-0.4, -0.2) is 18.9 Å². The smallest absolute Gasteiger partial charge is 0.0762 e. The van der Waals surface area contributed by atoms with E-state index in [1.807, 2.05) is 6.20 Å². The van der Waals surface area contributed by atoms with Crippen LogP contribution in [0.2, 0.25) is 0 Å². The Balaban J connectivity index is 1.17. The van der Waals surface area contributed by atoms with Gasteiger partial charge < -0.3 is 9.13 Å². The van der Waals surface area contributed by atoms with Crippen molar-refractivity contribution >= 4 is 54.5 Å². The molecule has 0 unspecified atom stereocenters. The highest BCUT2D eigenvalue weighted by Gasteiger charge is 2.21. The molecule has 8 aromatic carbocycles. The van der Waals surface area contributed by atoms with Crippen LogP contribution in [0, 0.1) is 0 Å². The van der Waals surface area contributed by atoms with E-state index in [-0.39, 0.29) is 0 Å². The van der Waals surface area contributed by atoms with Crippen molar-refractivity contribution in [1.82, 2.24) is 18.9 Å². The van der Waals surface area contributed by atoms with Crippen LogP contribution in [0.25, 0.3) is 93.8 Å². The molecule has 11 aromatic rings. The SMILES string of the molecule is c1ccc(-c2cccc(-n3ncc4c3ccc3c5cccc(-c6ccc7c(c6)c6ccccc6n7-c6ccccc6)c5n(-c5ccccc5)c34)c2)cc1. The van der Waals surface area contributed by atoms with Crippen molar-refractivity contribution in [3.8, 4) is 39.3 Å². The van der Waals surface area contributed by atoms with Crippen molar-refractivity contribution < 1.29 is 0 Å². The van der Waals surface area contributed by atoms with Gasteiger partial charge in [-0.15, -0.1) is 0 Å². The molecule has 0 N–H and O–H groups in total. The van der Waals surface area contributed by atoms with Gasteiger partial charge in [0.15, 0.2) is 0 Å². The first-order valence-corrected chi connectivity index (χ1v) is 18.1. The minimum Gasteiger partial charge on any atom is -0.309 e. The van der Waals surface area contributed by atoms with E-state index in [0.717, 1.165) is 33.5 Å². The second kappa shape index (κ2) is 11.7. The van der Waals surface area contributed by atoms with Crippen LogP contribution in [0.5, 0.6) is 0 Å². The quantitative estimate of drug-likeness (QED) is 0.178. The summed E-state index contributed by atoms with van der Waals surface area (Å²) in [7, 11) is 0. The number of para-hydroxylation sites is 4. The molecule has 3 aromatic heterocycles. The van der Waals surface area contributed by atoms with E-state index in [0.29, 0.717) is 0 Å². The van der Waals surface area contributed by atoms with Gasteiger partial charge in [0, 0.05) is 43.9 Å². The highest BCUT2D eigenvalue weighted by Crippen LogP contribution is 2.43. The van der Waals surface area contributed by atoms with E-state index in [1.54, 1.807) is 0 Å². The summed E-state index contributed by atoms with van der Waals surface area (Å²) >= 11 is 0. The lowest BCUT2D eigenvalue weighted by molar-refractivity contribution is 0.911. The molecule has 0 aliphatic rings. The molecule has 0 bridgehead atoms. The lowest BCUT2D eigenvalue weighted by Crippen LogP contribution is -1.97. The molecule has 0 saturated carbocycles. The van der Waals surface area contributed by atoms with Gasteiger partial charge in [-0.2, -0.15) is 5.10 Å². The minimum absolute atomic E-state index is 1.03. The summed E-state index contributed by atoms with van der Waals surface area (Å²) in [6.45, 7) is 0. The van der Waals surface area contributed by atoms with Gasteiger partial charge in [0.05, 0.1) is 39.5 Å². The van der Waals surface area contributed by atoms with Crippen molar-refractivity contribution in [2.24, 2.45) is 0 Å². The fourth-order valence-electron chi connectivity index (χ4n) is 8.38. The molecule has 0 aliphatic carbocycles. The van der Waals surface area contributed by atoms with Gasteiger partial charge in [0.25, 0.3) is 0 Å². The Morgan fingerprint density at radius 1 is 0.321 bits per heavy atom. The Bertz CT molecular complexity index is 3150. The number of aromatic nitrogens is 4. The number of rotatable bonds is 5. The van der Waals surface area contributed by atoms with Crippen molar-refractivity contribution in [3.63, 3.8) is 0 Å². The Morgan fingerprint density at radius 3 is 1.74 bits per heavy atom. The second-order valence-electron chi connectivity index (χ2n) is 13.7. The first-order valence-electron chi connectivity index (χ1n) is 18.1. The topological polar surface area (TPSA) is 27.7 Å². The molecular weight excluding hydrogens is 645 g/mol. The average molecular weight is 677 g/mol. The molecule has 0 saturated heterocycles. The lowest BCUT2D eigenvalue weighted by atomic mass is 9.99. The van der Waals surface area contributed by atoms with E-state index in [2.05, 4.69) is 202 Å². The largest absolute Gasteiger partial charge is 0.309 e. The third-order valence-corrected chi connectivity index (χ3v) is 10.7. The zero-order valence-electron chi connectivity index (χ0n) is 28.8. The zero-order chi connectivity index (χ0) is 34.9. The van der Waals surface area contributed by atoms with Crippen LogP contribution in [0.4, 0.5) is 0 Å².